The van der Waals surface area contributed by atoms with Crippen LogP contribution < -0.4 is 5.73 Å². The van der Waals surface area contributed by atoms with Crippen LogP contribution in [0.5, 0.6) is 0 Å². The Balaban J connectivity index is 0.000000921. The first-order valence-electron chi connectivity index (χ1n) is 5.49. The van der Waals surface area contributed by atoms with Crippen LogP contribution in [0.15, 0.2) is 0 Å². The third-order valence-electron chi connectivity index (χ3n) is 2.33. The first kappa shape index (κ1) is 14.3. The molecule has 1 fully saturated rings. The van der Waals surface area contributed by atoms with E-state index in [0.717, 1.165) is 13.1 Å². The van der Waals surface area contributed by atoms with Crippen molar-refractivity contribution in [2.75, 3.05) is 39.8 Å². The summed E-state index contributed by atoms with van der Waals surface area (Å²) in [4.78, 5) is 15.3. The first-order valence-corrected chi connectivity index (χ1v) is 5.49. The van der Waals surface area contributed by atoms with Gasteiger partial charge in [0, 0.05) is 26.2 Å². The van der Waals surface area contributed by atoms with Crippen LogP contribution in [0.4, 0.5) is 0 Å². The number of amides is 1. The number of piperazine rings is 1. The minimum absolute atomic E-state index is 0.143. The third-order valence-corrected chi connectivity index (χ3v) is 2.33. The molecular formula is C10H23N3O2. The number of nitrogens with two attached hydrogens (primary N) is 1. The van der Waals surface area contributed by atoms with Gasteiger partial charge in [-0.2, -0.15) is 0 Å². The molecule has 0 aromatic rings. The second kappa shape index (κ2) is 7.62. The van der Waals surface area contributed by atoms with E-state index in [4.69, 9.17) is 10.8 Å². The summed E-state index contributed by atoms with van der Waals surface area (Å²) < 4.78 is 0. The molecule has 1 rings (SSSR count). The molecule has 15 heavy (non-hydrogen) atoms. The zero-order valence-electron chi connectivity index (χ0n) is 9.94. The summed E-state index contributed by atoms with van der Waals surface area (Å²) in [5, 5.41) is 8.70. The maximum atomic E-state index is 11.5. The highest BCUT2D eigenvalue weighted by Gasteiger charge is 2.23. The van der Waals surface area contributed by atoms with Gasteiger partial charge in [0.1, 0.15) is 6.04 Å². The molecule has 0 aliphatic carbocycles. The van der Waals surface area contributed by atoms with Gasteiger partial charge in [0.05, 0.1) is 6.61 Å². The van der Waals surface area contributed by atoms with Gasteiger partial charge in [0.15, 0.2) is 0 Å². The molecule has 5 heteroatoms. The zero-order valence-corrected chi connectivity index (χ0v) is 9.94. The SMILES string of the molecule is CC.CN1CCN(C(=O)C(N)CO)CC1. The Hall–Kier alpha value is -0.650. The highest BCUT2D eigenvalue weighted by Crippen LogP contribution is 2.00. The monoisotopic (exact) mass is 217 g/mol. The number of carbonyl (C=O) groups is 1. The maximum absolute atomic E-state index is 11.5. The van der Waals surface area contributed by atoms with Crippen LogP contribution in [0.3, 0.4) is 0 Å². The van der Waals surface area contributed by atoms with Gasteiger partial charge in [-0.15, -0.1) is 0 Å². The van der Waals surface area contributed by atoms with Crippen molar-refractivity contribution in [2.45, 2.75) is 19.9 Å². The molecule has 0 aromatic carbocycles. The highest BCUT2D eigenvalue weighted by molar-refractivity contribution is 5.81. The van der Waals surface area contributed by atoms with Crippen LogP contribution in [0, 0.1) is 0 Å². The summed E-state index contributed by atoms with van der Waals surface area (Å²) in [5.41, 5.74) is 5.43. The van der Waals surface area contributed by atoms with E-state index in [9.17, 15) is 4.79 Å². The number of aliphatic hydroxyl groups is 1. The van der Waals surface area contributed by atoms with E-state index in [1.807, 2.05) is 20.9 Å². The van der Waals surface area contributed by atoms with Gasteiger partial charge in [-0.05, 0) is 7.05 Å². The van der Waals surface area contributed by atoms with E-state index in [0.29, 0.717) is 13.1 Å². The maximum Gasteiger partial charge on any atom is 0.241 e. The van der Waals surface area contributed by atoms with Gasteiger partial charge in [-0.1, -0.05) is 13.8 Å². The van der Waals surface area contributed by atoms with E-state index in [1.54, 1.807) is 4.90 Å². The van der Waals surface area contributed by atoms with E-state index in [2.05, 4.69) is 4.90 Å². The molecule has 1 amide bonds. The summed E-state index contributed by atoms with van der Waals surface area (Å²) in [6.07, 6.45) is 0. The molecule has 0 bridgehead atoms. The Morgan fingerprint density at radius 3 is 2.20 bits per heavy atom. The molecule has 5 nitrogen and oxygen atoms in total. The van der Waals surface area contributed by atoms with Gasteiger partial charge in [-0.25, -0.2) is 0 Å². The molecular weight excluding hydrogens is 194 g/mol. The smallest absolute Gasteiger partial charge is 0.241 e. The normalized spacial score (nSPS) is 19.1. The Bertz CT molecular complexity index is 180. The van der Waals surface area contributed by atoms with Crippen LogP contribution in [0.1, 0.15) is 13.8 Å². The Labute approximate surface area is 91.8 Å². The minimum atomic E-state index is -0.747. The second-order valence-corrected chi connectivity index (χ2v) is 3.42. The van der Waals surface area contributed by atoms with E-state index >= 15 is 0 Å². The van der Waals surface area contributed by atoms with Gasteiger partial charge < -0.3 is 20.6 Å². The molecule has 1 heterocycles. The molecule has 90 valence electrons. The molecule has 1 atom stereocenters. The lowest BCUT2D eigenvalue weighted by Gasteiger charge is -2.33. The number of hydrogen-bond donors (Lipinski definition) is 2. The van der Waals surface area contributed by atoms with E-state index in [-0.39, 0.29) is 12.5 Å². The van der Waals surface area contributed by atoms with Crippen molar-refractivity contribution >= 4 is 5.91 Å². The molecule has 0 aromatic heterocycles. The summed E-state index contributed by atoms with van der Waals surface area (Å²) in [7, 11) is 2.02. The Kier molecular flexibility index (Phi) is 7.29. The standard InChI is InChI=1S/C8H17N3O2.C2H6/c1-10-2-4-11(5-3-10)8(13)7(9)6-12;1-2/h7,12H,2-6,9H2,1H3;1-2H3. The van der Waals surface area contributed by atoms with Crippen LogP contribution in [-0.4, -0.2) is 66.7 Å². The van der Waals surface area contributed by atoms with Crippen LogP contribution in [0.25, 0.3) is 0 Å². The lowest BCUT2D eigenvalue weighted by Crippen LogP contribution is -2.53. The molecule has 0 radical (unpaired) electrons. The number of rotatable bonds is 2. The second-order valence-electron chi connectivity index (χ2n) is 3.42. The van der Waals surface area contributed by atoms with Crippen molar-refractivity contribution in [1.82, 2.24) is 9.80 Å². The third kappa shape index (κ3) is 4.59. The lowest BCUT2D eigenvalue weighted by atomic mass is 10.2. The van der Waals surface area contributed by atoms with Gasteiger partial charge in [0.25, 0.3) is 0 Å². The van der Waals surface area contributed by atoms with Crippen molar-refractivity contribution in [3.8, 4) is 0 Å². The van der Waals surface area contributed by atoms with Crippen molar-refractivity contribution in [1.29, 1.82) is 0 Å². The number of carbonyl (C=O) groups excluding carboxylic acids is 1. The van der Waals surface area contributed by atoms with Crippen LogP contribution in [-0.2, 0) is 4.79 Å². The predicted molar refractivity (Wildman–Crippen MR) is 60.5 cm³/mol. The first-order chi connectivity index (χ1) is 7.15. The zero-order chi connectivity index (χ0) is 11.8. The summed E-state index contributed by atoms with van der Waals surface area (Å²) in [5.74, 6) is -0.143. The van der Waals surface area contributed by atoms with Crippen LogP contribution in [0.2, 0.25) is 0 Å². The lowest BCUT2D eigenvalue weighted by molar-refractivity contribution is -0.135. The van der Waals surface area contributed by atoms with Gasteiger partial charge in [0.2, 0.25) is 5.91 Å². The molecule has 1 unspecified atom stereocenters. The van der Waals surface area contributed by atoms with E-state index < -0.39 is 6.04 Å². The van der Waals surface area contributed by atoms with E-state index in [1.165, 1.54) is 0 Å². The predicted octanol–water partition coefficient (Wildman–Crippen LogP) is -0.894. The average Bonchev–Trinajstić information content (AvgIpc) is 2.31. The fourth-order valence-corrected chi connectivity index (χ4v) is 1.34. The minimum Gasteiger partial charge on any atom is -0.394 e. The quantitative estimate of drug-likeness (QED) is 0.629. The molecule has 1 aliphatic heterocycles. The Morgan fingerprint density at radius 2 is 1.80 bits per heavy atom. The van der Waals surface area contributed by atoms with Crippen molar-refractivity contribution < 1.29 is 9.90 Å². The van der Waals surface area contributed by atoms with Crippen LogP contribution >= 0.6 is 0 Å². The van der Waals surface area contributed by atoms with Crippen molar-refractivity contribution in [3.63, 3.8) is 0 Å². The molecule has 0 saturated carbocycles. The van der Waals surface area contributed by atoms with Crippen molar-refractivity contribution in [2.24, 2.45) is 5.73 Å². The average molecular weight is 217 g/mol. The largest absolute Gasteiger partial charge is 0.394 e. The fourth-order valence-electron chi connectivity index (χ4n) is 1.34. The number of aliphatic hydroxyl groups excluding tert-OH is 1. The topological polar surface area (TPSA) is 69.8 Å². The molecule has 1 saturated heterocycles. The van der Waals surface area contributed by atoms with Crippen molar-refractivity contribution in [3.05, 3.63) is 0 Å². The molecule has 3 N–H and O–H groups in total. The highest BCUT2D eigenvalue weighted by atomic mass is 16.3. The summed E-state index contributed by atoms with van der Waals surface area (Å²) in [6, 6.07) is -0.747. The summed E-state index contributed by atoms with van der Waals surface area (Å²) >= 11 is 0. The number of hydrogen-bond acceptors (Lipinski definition) is 4. The number of nitrogens with zero attached hydrogens (tertiary/aromatic N) is 2. The fraction of sp³-hybridized carbons (Fsp3) is 0.900. The van der Waals surface area contributed by atoms with Gasteiger partial charge >= 0.3 is 0 Å². The Morgan fingerprint density at radius 1 is 1.33 bits per heavy atom. The molecule has 0 spiro atoms. The van der Waals surface area contributed by atoms with Gasteiger partial charge in [-0.3, -0.25) is 4.79 Å². The number of likely N-dealkylation sites (N-methyl/N-ethyl adjacent to an activating group) is 1. The summed E-state index contributed by atoms with van der Waals surface area (Å²) in [6.45, 7) is 6.91. The molecule has 1 aliphatic rings.